The van der Waals surface area contributed by atoms with Crippen LogP contribution in [0.4, 0.5) is 0 Å². The topological polar surface area (TPSA) is 66.8 Å². The van der Waals surface area contributed by atoms with Crippen LogP contribution in [0.25, 0.3) is 0 Å². The van der Waals surface area contributed by atoms with E-state index in [2.05, 4.69) is 0 Å². The predicted octanol–water partition coefficient (Wildman–Crippen LogP) is 1.63. The zero-order valence-electron chi connectivity index (χ0n) is 7.95. The van der Waals surface area contributed by atoms with E-state index in [4.69, 9.17) is 9.29 Å². The molecule has 1 atom stereocenters. The minimum Gasteiger partial charge on any atom is -0.466 e. The first kappa shape index (κ1) is 12.7. The number of ether oxygens (including phenoxy) is 1. The Labute approximate surface area is 82.5 Å². The number of esters is 1. The summed E-state index contributed by atoms with van der Waals surface area (Å²) in [7, 11) is 0. The zero-order chi connectivity index (χ0) is 10.3. The second-order valence-electron chi connectivity index (χ2n) is 2.92. The van der Waals surface area contributed by atoms with Gasteiger partial charge in [0.1, 0.15) is 4.93 Å². The molecule has 0 saturated heterocycles. The lowest BCUT2D eigenvalue weighted by atomic mass is 10.2. The fraction of sp³-hybridized carbons (Fsp3) is 0.875. The predicted molar refractivity (Wildman–Crippen MR) is 51.3 cm³/mol. The molecule has 0 radical (unpaired) electrons. The molecular weight excluding hydrogens is 192 g/mol. The molecular formula is C8H16O4S. The van der Waals surface area contributed by atoms with Crippen LogP contribution in [0.3, 0.4) is 0 Å². The first-order valence-corrected chi connectivity index (χ1v) is 4.99. The van der Waals surface area contributed by atoms with Crippen molar-refractivity contribution in [3.05, 3.63) is 0 Å². The highest BCUT2D eigenvalue weighted by molar-refractivity contribution is 7.94. The molecule has 0 aromatic rings. The average molecular weight is 208 g/mol. The summed E-state index contributed by atoms with van der Waals surface area (Å²) in [6.45, 7) is 3.63. The molecule has 0 spiro atoms. The van der Waals surface area contributed by atoms with Crippen molar-refractivity contribution in [2.75, 3.05) is 6.61 Å². The van der Waals surface area contributed by atoms with Crippen LogP contribution >= 0.6 is 12.0 Å². The van der Waals surface area contributed by atoms with E-state index >= 15 is 0 Å². The van der Waals surface area contributed by atoms with Gasteiger partial charge >= 0.3 is 5.97 Å². The van der Waals surface area contributed by atoms with E-state index in [9.17, 15) is 9.90 Å². The summed E-state index contributed by atoms with van der Waals surface area (Å²) in [5.41, 5.74) is 0. The van der Waals surface area contributed by atoms with Gasteiger partial charge in [-0.05, 0) is 26.7 Å². The monoisotopic (exact) mass is 208 g/mol. The number of hydrogen-bond acceptors (Lipinski definition) is 5. The van der Waals surface area contributed by atoms with Gasteiger partial charge in [0.25, 0.3) is 0 Å². The largest absolute Gasteiger partial charge is 0.466 e. The lowest BCUT2D eigenvalue weighted by Gasteiger charge is -2.17. The smallest absolute Gasteiger partial charge is 0.305 e. The molecule has 0 aliphatic heterocycles. The van der Waals surface area contributed by atoms with Gasteiger partial charge in [-0.1, -0.05) is 0 Å². The minimum atomic E-state index is -1.16. The van der Waals surface area contributed by atoms with Gasteiger partial charge in [0, 0.05) is 18.5 Å². The highest BCUT2D eigenvalue weighted by atomic mass is 32.2. The molecule has 0 fully saturated rings. The van der Waals surface area contributed by atoms with Crippen LogP contribution in [-0.2, 0) is 9.53 Å². The van der Waals surface area contributed by atoms with Gasteiger partial charge < -0.3 is 14.4 Å². The van der Waals surface area contributed by atoms with Gasteiger partial charge in [-0.2, -0.15) is 0 Å². The van der Waals surface area contributed by atoms with Crippen LogP contribution in [0.15, 0.2) is 0 Å². The summed E-state index contributed by atoms with van der Waals surface area (Å²) in [6, 6.07) is 0. The summed E-state index contributed by atoms with van der Waals surface area (Å²) >= 11 is 0.396. The first-order chi connectivity index (χ1) is 6.02. The highest BCUT2D eigenvalue weighted by Crippen LogP contribution is 2.24. The third-order valence-corrected chi connectivity index (χ3v) is 2.12. The molecule has 13 heavy (non-hydrogen) atoms. The Kier molecular flexibility index (Phi) is 6.11. The normalized spacial score (nSPS) is 15.1. The molecule has 2 N–H and O–H groups in total. The van der Waals surface area contributed by atoms with Gasteiger partial charge in [-0.15, -0.1) is 0 Å². The Morgan fingerprint density at radius 1 is 1.62 bits per heavy atom. The SMILES string of the molecule is CCOC(=O)CCCC(C)(O)SO. The minimum absolute atomic E-state index is 0.263. The maximum Gasteiger partial charge on any atom is 0.305 e. The standard InChI is InChI=1S/C8H16O4S/c1-3-12-7(9)5-4-6-8(2,10)13-11/h10-11H,3-6H2,1-2H3. The van der Waals surface area contributed by atoms with Gasteiger partial charge in [-0.3, -0.25) is 4.79 Å². The van der Waals surface area contributed by atoms with E-state index in [-0.39, 0.29) is 12.4 Å². The maximum absolute atomic E-state index is 10.8. The molecule has 0 amide bonds. The van der Waals surface area contributed by atoms with Crippen molar-refractivity contribution in [3.8, 4) is 0 Å². The maximum atomic E-state index is 10.8. The van der Waals surface area contributed by atoms with E-state index in [1.165, 1.54) is 6.92 Å². The quantitative estimate of drug-likeness (QED) is 0.394. The third kappa shape index (κ3) is 6.86. The molecule has 0 heterocycles. The van der Waals surface area contributed by atoms with Crippen molar-refractivity contribution in [2.45, 2.75) is 38.0 Å². The zero-order valence-corrected chi connectivity index (χ0v) is 8.76. The van der Waals surface area contributed by atoms with Crippen LogP contribution in [0.5, 0.6) is 0 Å². The number of aliphatic hydroxyl groups is 1. The van der Waals surface area contributed by atoms with E-state index in [1.807, 2.05) is 0 Å². The fourth-order valence-corrected chi connectivity index (χ4v) is 1.08. The van der Waals surface area contributed by atoms with Crippen molar-refractivity contribution < 1.29 is 19.2 Å². The number of carbonyl (C=O) groups is 1. The van der Waals surface area contributed by atoms with Crippen LogP contribution < -0.4 is 0 Å². The van der Waals surface area contributed by atoms with Crippen molar-refractivity contribution in [1.82, 2.24) is 0 Å². The van der Waals surface area contributed by atoms with Crippen molar-refractivity contribution in [1.29, 1.82) is 0 Å². The van der Waals surface area contributed by atoms with Gasteiger partial charge in [0.2, 0.25) is 0 Å². The van der Waals surface area contributed by atoms with Crippen molar-refractivity contribution >= 4 is 18.0 Å². The molecule has 0 saturated carbocycles. The molecule has 0 aromatic carbocycles. The molecule has 78 valence electrons. The molecule has 0 aliphatic rings. The van der Waals surface area contributed by atoms with Crippen LogP contribution in [0.2, 0.25) is 0 Å². The molecule has 5 heteroatoms. The van der Waals surface area contributed by atoms with Crippen molar-refractivity contribution in [3.63, 3.8) is 0 Å². The van der Waals surface area contributed by atoms with Gasteiger partial charge in [0.15, 0.2) is 0 Å². The molecule has 0 bridgehead atoms. The van der Waals surface area contributed by atoms with Crippen LogP contribution in [0, 0.1) is 0 Å². The Morgan fingerprint density at radius 3 is 2.69 bits per heavy atom. The summed E-state index contributed by atoms with van der Waals surface area (Å²) in [6.07, 6.45) is 1.16. The molecule has 0 rings (SSSR count). The van der Waals surface area contributed by atoms with Crippen LogP contribution in [-0.4, -0.2) is 27.2 Å². The molecule has 0 aliphatic carbocycles. The Bertz CT molecular complexity index is 158. The Hall–Kier alpha value is -0.260. The van der Waals surface area contributed by atoms with Crippen molar-refractivity contribution in [2.24, 2.45) is 0 Å². The second kappa shape index (κ2) is 6.23. The Morgan fingerprint density at radius 2 is 2.23 bits per heavy atom. The molecule has 4 nitrogen and oxygen atoms in total. The Balaban J connectivity index is 3.50. The summed E-state index contributed by atoms with van der Waals surface area (Å²) in [5.74, 6) is -0.263. The second-order valence-corrected chi connectivity index (χ2v) is 3.99. The summed E-state index contributed by atoms with van der Waals surface area (Å²) < 4.78 is 13.3. The van der Waals surface area contributed by atoms with E-state index in [0.29, 0.717) is 31.5 Å². The third-order valence-electron chi connectivity index (χ3n) is 1.52. The number of rotatable bonds is 6. The first-order valence-electron chi connectivity index (χ1n) is 4.22. The summed E-state index contributed by atoms with van der Waals surface area (Å²) in [4.78, 5) is 9.68. The lowest BCUT2D eigenvalue weighted by Crippen LogP contribution is -2.18. The van der Waals surface area contributed by atoms with E-state index in [1.54, 1.807) is 6.92 Å². The van der Waals surface area contributed by atoms with E-state index < -0.39 is 4.93 Å². The number of carbonyl (C=O) groups excluding carboxylic acids is 1. The highest BCUT2D eigenvalue weighted by Gasteiger charge is 2.20. The average Bonchev–Trinajstić information content (AvgIpc) is 2.05. The fourth-order valence-electron chi connectivity index (χ4n) is 0.840. The lowest BCUT2D eigenvalue weighted by molar-refractivity contribution is -0.143. The molecule has 0 aromatic heterocycles. The molecule has 1 unspecified atom stereocenters. The van der Waals surface area contributed by atoms with Crippen LogP contribution in [0.1, 0.15) is 33.1 Å². The van der Waals surface area contributed by atoms with Gasteiger partial charge in [-0.25, -0.2) is 0 Å². The van der Waals surface area contributed by atoms with E-state index in [0.717, 1.165) is 0 Å². The number of hydrogen-bond donors (Lipinski definition) is 2. The van der Waals surface area contributed by atoms with Gasteiger partial charge in [0.05, 0.1) is 6.61 Å². The summed E-state index contributed by atoms with van der Waals surface area (Å²) in [5, 5.41) is 9.33.